The third-order valence-electron chi connectivity index (χ3n) is 2.53. The van der Waals surface area contributed by atoms with Crippen LogP contribution >= 0.6 is 0 Å². The number of nitrogens with zero attached hydrogens (tertiary/aromatic N) is 1. The Bertz CT molecular complexity index is 448. The highest BCUT2D eigenvalue weighted by Gasteiger charge is 2.09. The number of hydrogen-bond donors (Lipinski definition) is 1. The van der Waals surface area contributed by atoms with Crippen LogP contribution in [0.15, 0.2) is 24.3 Å². The van der Waals surface area contributed by atoms with Crippen molar-refractivity contribution in [2.24, 2.45) is 0 Å². The van der Waals surface area contributed by atoms with Crippen LogP contribution in [0.25, 0.3) is 0 Å². The Morgan fingerprint density at radius 3 is 2.89 bits per heavy atom. The molecule has 0 aliphatic carbocycles. The number of benzene rings is 1. The maximum absolute atomic E-state index is 11.6. The Kier molecular flexibility index (Phi) is 5.78. The maximum atomic E-state index is 11.6. The first-order valence-electron chi connectivity index (χ1n) is 6.19. The quantitative estimate of drug-likeness (QED) is 0.606. The summed E-state index contributed by atoms with van der Waals surface area (Å²) >= 11 is 0. The Hall–Kier alpha value is -2.11. The average Bonchev–Trinajstić information content (AvgIpc) is 2.37. The Morgan fingerprint density at radius 2 is 2.26 bits per heavy atom. The number of hydrogen-bond acceptors (Lipinski definition) is 4. The van der Waals surface area contributed by atoms with Crippen molar-refractivity contribution in [1.82, 2.24) is 5.32 Å². The molecule has 0 aliphatic heterocycles. The molecule has 6 nitrogen and oxygen atoms in total. The van der Waals surface area contributed by atoms with Crippen LogP contribution in [0.3, 0.4) is 0 Å². The van der Waals surface area contributed by atoms with E-state index in [0.29, 0.717) is 5.75 Å². The van der Waals surface area contributed by atoms with Crippen molar-refractivity contribution in [2.75, 3.05) is 6.61 Å². The maximum Gasteiger partial charge on any atom is 0.273 e. The first-order valence-corrected chi connectivity index (χ1v) is 6.19. The van der Waals surface area contributed by atoms with E-state index in [1.165, 1.54) is 18.2 Å². The number of carbonyl (C=O) groups is 1. The molecule has 0 saturated carbocycles. The van der Waals surface area contributed by atoms with Gasteiger partial charge in [0.05, 0.1) is 11.0 Å². The van der Waals surface area contributed by atoms with Gasteiger partial charge < -0.3 is 10.1 Å². The summed E-state index contributed by atoms with van der Waals surface area (Å²) in [5, 5.41) is 13.4. The topological polar surface area (TPSA) is 81.5 Å². The fourth-order valence-electron chi connectivity index (χ4n) is 1.66. The van der Waals surface area contributed by atoms with Crippen molar-refractivity contribution in [3.8, 4) is 5.75 Å². The van der Waals surface area contributed by atoms with Crippen LogP contribution in [0.5, 0.6) is 5.75 Å². The highest BCUT2D eigenvalue weighted by Crippen LogP contribution is 2.18. The molecule has 0 aromatic heterocycles. The molecule has 0 bridgehead atoms. The Labute approximate surface area is 111 Å². The summed E-state index contributed by atoms with van der Waals surface area (Å²) in [6, 6.07) is 5.87. The van der Waals surface area contributed by atoms with Crippen molar-refractivity contribution < 1.29 is 14.5 Å². The Balaban J connectivity index is 2.46. The molecule has 0 unspecified atom stereocenters. The van der Waals surface area contributed by atoms with Gasteiger partial charge in [0.1, 0.15) is 5.75 Å². The molecule has 1 N–H and O–H groups in total. The largest absolute Gasteiger partial charge is 0.484 e. The van der Waals surface area contributed by atoms with Crippen LogP contribution in [0, 0.1) is 10.1 Å². The molecule has 0 spiro atoms. The van der Waals surface area contributed by atoms with E-state index in [1.54, 1.807) is 6.07 Å². The SMILES string of the molecule is CCC[C@@H](C)NC(=O)COc1cccc([N+](=O)[O-])c1. The van der Waals surface area contributed by atoms with Crippen molar-refractivity contribution in [2.45, 2.75) is 32.7 Å². The minimum absolute atomic E-state index is 0.0581. The molecule has 1 aromatic carbocycles. The molecule has 0 radical (unpaired) electrons. The lowest BCUT2D eigenvalue weighted by Crippen LogP contribution is -2.35. The van der Waals surface area contributed by atoms with Crippen LogP contribution < -0.4 is 10.1 Å². The summed E-state index contributed by atoms with van der Waals surface area (Å²) in [4.78, 5) is 21.6. The van der Waals surface area contributed by atoms with Crippen LogP contribution in [-0.4, -0.2) is 23.5 Å². The number of non-ortho nitro benzene ring substituents is 1. The number of ether oxygens (including phenoxy) is 1. The molecule has 0 aliphatic rings. The first-order chi connectivity index (χ1) is 9.02. The highest BCUT2D eigenvalue weighted by molar-refractivity contribution is 5.77. The van der Waals surface area contributed by atoms with Gasteiger partial charge in [0.2, 0.25) is 0 Å². The lowest BCUT2D eigenvalue weighted by Gasteiger charge is -2.13. The van der Waals surface area contributed by atoms with Crippen LogP contribution in [0.2, 0.25) is 0 Å². The van der Waals surface area contributed by atoms with E-state index in [9.17, 15) is 14.9 Å². The molecular formula is C13H18N2O4. The van der Waals surface area contributed by atoms with E-state index >= 15 is 0 Å². The smallest absolute Gasteiger partial charge is 0.273 e. The molecule has 6 heteroatoms. The fourth-order valence-corrected chi connectivity index (χ4v) is 1.66. The zero-order valence-electron chi connectivity index (χ0n) is 11.1. The number of carbonyl (C=O) groups excluding carboxylic acids is 1. The summed E-state index contributed by atoms with van der Waals surface area (Å²) in [6.45, 7) is 3.83. The number of nitro groups is 1. The molecule has 1 aromatic rings. The number of amides is 1. The van der Waals surface area contributed by atoms with E-state index in [4.69, 9.17) is 4.74 Å². The zero-order chi connectivity index (χ0) is 14.3. The van der Waals surface area contributed by atoms with Gasteiger partial charge in [0.15, 0.2) is 6.61 Å². The van der Waals surface area contributed by atoms with Gasteiger partial charge >= 0.3 is 0 Å². The zero-order valence-corrected chi connectivity index (χ0v) is 11.1. The van der Waals surface area contributed by atoms with E-state index in [2.05, 4.69) is 5.32 Å². The van der Waals surface area contributed by atoms with Gasteiger partial charge in [-0.2, -0.15) is 0 Å². The minimum atomic E-state index is -0.504. The van der Waals surface area contributed by atoms with Crippen molar-refractivity contribution in [3.63, 3.8) is 0 Å². The monoisotopic (exact) mass is 266 g/mol. The van der Waals surface area contributed by atoms with Gasteiger partial charge in [-0.1, -0.05) is 19.4 Å². The molecule has 1 rings (SSSR count). The van der Waals surface area contributed by atoms with Gasteiger partial charge in [0, 0.05) is 12.1 Å². The lowest BCUT2D eigenvalue weighted by atomic mass is 10.2. The minimum Gasteiger partial charge on any atom is -0.484 e. The van der Waals surface area contributed by atoms with E-state index in [0.717, 1.165) is 12.8 Å². The van der Waals surface area contributed by atoms with Crippen molar-refractivity contribution in [1.29, 1.82) is 0 Å². The van der Waals surface area contributed by atoms with Crippen LogP contribution in [-0.2, 0) is 4.79 Å². The molecule has 0 heterocycles. The predicted octanol–water partition coefficient (Wildman–Crippen LogP) is 2.28. The highest BCUT2D eigenvalue weighted by atomic mass is 16.6. The summed E-state index contributed by atoms with van der Waals surface area (Å²) in [5.74, 6) is 0.0833. The fraction of sp³-hybridized carbons (Fsp3) is 0.462. The Morgan fingerprint density at radius 1 is 1.53 bits per heavy atom. The van der Waals surface area contributed by atoms with Crippen LogP contribution in [0.1, 0.15) is 26.7 Å². The second-order valence-electron chi connectivity index (χ2n) is 4.30. The van der Waals surface area contributed by atoms with Crippen molar-refractivity contribution >= 4 is 11.6 Å². The first kappa shape index (κ1) is 14.9. The van der Waals surface area contributed by atoms with Crippen LogP contribution in [0.4, 0.5) is 5.69 Å². The molecule has 1 amide bonds. The number of nitro benzene ring substituents is 1. The van der Waals surface area contributed by atoms with Crippen molar-refractivity contribution in [3.05, 3.63) is 34.4 Å². The van der Waals surface area contributed by atoms with Gasteiger partial charge in [-0.3, -0.25) is 14.9 Å². The molecule has 19 heavy (non-hydrogen) atoms. The summed E-state index contributed by atoms with van der Waals surface area (Å²) < 4.78 is 5.22. The van der Waals surface area contributed by atoms with E-state index in [-0.39, 0.29) is 24.2 Å². The summed E-state index contributed by atoms with van der Waals surface area (Å²) in [7, 11) is 0. The van der Waals surface area contributed by atoms with E-state index < -0.39 is 4.92 Å². The molecule has 0 saturated heterocycles. The molecule has 104 valence electrons. The van der Waals surface area contributed by atoms with Gasteiger partial charge in [-0.15, -0.1) is 0 Å². The normalized spacial score (nSPS) is 11.7. The van der Waals surface area contributed by atoms with Gasteiger partial charge in [-0.05, 0) is 19.4 Å². The second-order valence-corrected chi connectivity index (χ2v) is 4.30. The second kappa shape index (κ2) is 7.35. The summed E-state index contributed by atoms with van der Waals surface area (Å²) in [5.41, 5.74) is -0.0581. The number of nitrogens with one attached hydrogen (secondary N) is 1. The average molecular weight is 266 g/mol. The lowest BCUT2D eigenvalue weighted by molar-refractivity contribution is -0.384. The third kappa shape index (κ3) is 5.37. The van der Waals surface area contributed by atoms with Gasteiger partial charge in [-0.25, -0.2) is 0 Å². The number of rotatable bonds is 7. The third-order valence-corrected chi connectivity index (χ3v) is 2.53. The molecule has 0 fully saturated rings. The predicted molar refractivity (Wildman–Crippen MR) is 71.1 cm³/mol. The standard InChI is InChI=1S/C13H18N2O4/c1-3-5-10(2)14-13(16)9-19-12-7-4-6-11(8-12)15(17)18/h4,6-8,10H,3,5,9H2,1-2H3,(H,14,16)/t10-/m1/s1. The molecular weight excluding hydrogens is 248 g/mol. The van der Waals surface area contributed by atoms with E-state index in [1.807, 2.05) is 13.8 Å². The molecule has 1 atom stereocenters. The summed E-state index contributed by atoms with van der Waals surface area (Å²) in [6.07, 6.45) is 1.90. The van der Waals surface area contributed by atoms with Gasteiger partial charge in [0.25, 0.3) is 11.6 Å².